The SMILES string of the molecule is Cc1nn(CCCC(=O)N(C)C)cc1C(=O)O. The molecule has 0 aliphatic carbocycles. The first-order valence-electron chi connectivity index (χ1n) is 5.39. The maximum Gasteiger partial charge on any atom is 0.339 e. The molecular formula is C11H17N3O3. The summed E-state index contributed by atoms with van der Waals surface area (Å²) in [5.74, 6) is -0.912. The van der Waals surface area contributed by atoms with Gasteiger partial charge >= 0.3 is 5.97 Å². The van der Waals surface area contributed by atoms with Gasteiger partial charge in [0, 0.05) is 33.3 Å². The van der Waals surface area contributed by atoms with Gasteiger partial charge in [0.2, 0.25) is 5.91 Å². The van der Waals surface area contributed by atoms with Gasteiger partial charge in [0.05, 0.1) is 5.69 Å². The Morgan fingerprint density at radius 1 is 1.47 bits per heavy atom. The standard InChI is InChI=1S/C11H17N3O3/c1-8-9(11(16)17)7-14(12-8)6-4-5-10(15)13(2)3/h7H,4-6H2,1-3H3,(H,16,17). The molecule has 0 spiro atoms. The highest BCUT2D eigenvalue weighted by Gasteiger charge is 2.11. The normalized spacial score (nSPS) is 10.3. The zero-order valence-electron chi connectivity index (χ0n) is 10.3. The zero-order chi connectivity index (χ0) is 13.0. The number of nitrogens with zero attached hydrogens (tertiary/aromatic N) is 3. The van der Waals surface area contributed by atoms with Crippen LogP contribution in [-0.2, 0) is 11.3 Å². The van der Waals surface area contributed by atoms with Gasteiger partial charge in [-0.3, -0.25) is 9.48 Å². The van der Waals surface area contributed by atoms with Crippen molar-refractivity contribution in [1.82, 2.24) is 14.7 Å². The quantitative estimate of drug-likeness (QED) is 0.823. The van der Waals surface area contributed by atoms with Crippen LogP contribution in [0.3, 0.4) is 0 Å². The number of amides is 1. The van der Waals surface area contributed by atoms with E-state index in [1.54, 1.807) is 25.7 Å². The Labute approximate surface area is 99.8 Å². The molecule has 0 radical (unpaired) electrons. The minimum absolute atomic E-state index is 0.0623. The van der Waals surface area contributed by atoms with Crippen LogP contribution >= 0.6 is 0 Å². The maximum absolute atomic E-state index is 11.3. The number of carboxylic acids is 1. The largest absolute Gasteiger partial charge is 0.478 e. The minimum atomic E-state index is -0.974. The second kappa shape index (κ2) is 5.47. The van der Waals surface area contributed by atoms with Crippen LogP contribution in [0.2, 0.25) is 0 Å². The molecule has 0 aliphatic rings. The molecule has 0 saturated carbocycles. The molecule has 1 rings (SSSR count). The van der Waals surface area contributed by atoms with E-state index in [1.165, 1.54) is 11.1 Å². The maximum atomic E-state index is 11.3. The van der Waals surface area contributed by atoms with Crippen molar-refractivity contribution in [2.24, 2.45) is 0 Å². The van der Waals surface area contributed by atoms with Gasteiger partial charge in [-0.15, -0.1) is 0 Å². The second-order valence-corrected chi connectivity index (χ2v) is 4.09. The van der Waals surface area contributed by atoms with Crippen molar-refractivity contribution in [1.29, 1.82) is 0 Å². The molecule has 0 bridgehead atoms. The van der Waals surface area contributed by atoms with Gasteiger partial charge in [0.1, 0.15) is 5.56 Å². The average molecular weight is 239 g/mol. The lowest BCUT2D eigenvalue weighted by Crippen LogP contribution is -2.21. The van der Waals surface area contributed by atoms with E-state index in [9.17, 15) is 9.59 Å². The van der Waals surface area contributed by atoms with Crippen LogP contribution in [0.1, 0.15) is 28.9 Å². The van der Waals surface area contributed by atoms with Crippen LogP contribution < -0.4 is 0 Å². The minimum Gasteiger partial charge on any atom is -0.478 e. The summed E-state index contributed by atoms with van der Waals surface area (Å²) in [6, 6.07) is 0. The molecular weight excluding hydrogens is 222 g/mol. The Kier molecular flexibility index (Phi) is 4.25. The summed E-state index contributed by atoms with van der Waals surface area (Å²) in [7, 11) is 3.42. The number of hydrogen-bond donors (Lipinski definition) is 1. The smallest absolute Gasteiger partial charge is 0.339 e. The first-order chi connectivity index (χ1) is 7.91. The molecule has 0 aromatic carbocycles. The highest BCUT2D eigenvalue weighted by Crippen LogP contribution is 2.06. The van der Waals surface area contributed by atoms with E-state index in [2.05, 4.69) is 5.10 Å². The Morgan fingerprint density at radius 3 is 2.59 bits per heavy atom. The number of hydrogen-bond acceptors (Lipinski definition) is 3. The summed E-state index contributed by atoms with van der Waals surface area (Å²) in [5.41, 5.74) is 0.709. The van der Waals surface area contributed by atoms with Crippen molar-refractivity contribution in [2.75, 3.05) is 14.1 Å². The lowest BCUT2D eigenvalue weighted by molar-refractivity contribution is -0.128. The van der Waals surface area contributed by atoms with Crippen molar-refractivity contribution >= 4 is 11.9 Å². The van der Waals surface area contributed by atoms with E-state index in [1.807, 2.05) is 0 Å². The Balaban J connectivity index is 2.50. The van der Waals surface area contributed by atoms with Crippen LogP contribution in [-0.4, -0.2) is 45.8 Å². The van der Waals surface area contributed by atoms with Crippen molar-refractivity contribution in [3.63, 3.8) is 0 Å². The number of aryl methyl sites for hydroxylation is 2. The molecule has 1 amide bonds. The summed E-state index contributed by atoms with van der Waals surface area (Å²) >= 11 is 0. The monoisotopic (exact) mass is 239 g/mol. The molecule has 0 saturated heterocycles. The van der Waals surface area contributed by atoms with Gasteiger partial charge < -0.3 is 10.0 Å². The predicted molar refractivity (Wildman–Crippen MR) is 61.9 cm³/mol. The third kappa shape index (κ3) is 3.58. The second-order valence-electron chi connectivity index (χ2n) is 4.09. The predicted octanol–water partition coefficient (Wildman–Crippen LogP) is 0.758. The van der Waals surface area contributed by atoms with E-state index >= 15 is 0 Å². The Morgan fingerprint density at radius 2 is 2.12 bits per heavy atom. The molecule has 0 fully saturated rings. The zero-order valence-corrected chi connectivity index (χ0v) is 10.3. The molecule has 0 atom stereocenters. The number of aromatic nitrogens is 2. The highest BCUT2D eigenvalue weighted by molar-refractivity contribution is 5.88. The summed E-state index contributed by atoms with van der Waals surface area (Å²) < 4.78 is 1.57. The third-order valence-electron chi connectivity index (χ3n) is 2.45. The van der Waals surface area contributed by atoms with Crippen LogP contribution in [0.4, 0.5) is 0 Å². The van der Waals surface area contributed by atoms with E-state index in [-0.39, 0.29) is 11.5 Å². The number of carboxylic acid groups (broad SMARTS) is 1. The molecule has 0 unspecified atom stereocenters. The first kappa shape index (κ1) is 13.2. The van der Waals surface area contributed by atoms with Gasteiger partial charge in [0.15, 0.2) is 0 Å². The Bertz CT molecular complexity index is 424. The fraction of sp³-hybridized carbons (Fsp3) is 0.545. The van der Waals surface area contributed by atoms with Crippen molar-refractivity contribution in [2.45, 2.75) is 26.3 Å². The molecule has 1 aromatic rings. The van der Waals surface area contributed by atoms with E-state index in [0.717, 1.165) is 0 Å². The molecule has 6 nitrogen and oxygen atoms in total. The van der Waals surface area contributed by atoms with Gasteiger partial charge in [-0.1, -0.05) is 0 Å². The third-order valence-corrected chi connectivity index (χ3v) is 2.45. The summed E-state index contributed by atoms with van der Waals surface area (Å²) in [4.78, 5) is 23.6. The fourth-order valence-electron chi connectivity index (χ4n) is 1.46. The number of carbonyl (C=O) groups is 2. The molecule has 0 aliphatic heterocycles. The van der Waals surface area contributed by atoms with E-state index in [0.29, 0.717) is 25.1 Å². The topological polar surface area (TPSA) is 75.4 Å². The summed E-state index contributed by atoms with van der Waals surface area (Å²) in [5, 5.41) is 12.9. The number of rotatable bonds is 5. The average Bonchev–Trinajstić information content (AvgIpc) is 2.59. The van der Waals surface area contributed by atoms with Crippen molar-refractivity contribution in [3.8, 4) is 0 Å². The number of carbonyl (C=O) groups excluding carboxylic acids is 1. The van der Waals surface area contributed by atoms with Crippen molar-refractivity contribution < 1.29 is 14.7 Å². The summed E-state index contributed by atoms with van der Waals surface area (Å²) in [6.45, 7) is 2.21. The first-order valence-corrected chi connectivity index (χ1v) is 5.39. The van der Waals surface area contributed by atoms with Gasteiger partial charge in [-0.05, 0) is 13.3 Å². The molecule has 1 heterocycles. The van der Waals surface area contributed by atoms with Gasteiger partial charge in [-0.25, -0.2) is 4.79 Å². The lowest BCUT2D eigenvalue weighted by atomic mass is 10.2. The van der Waals surface area contributed by atoms with Crippen LogP contribution in [0.5, 0.6) is 0 Å². The molecule has 1 N–H and O–H groups in total. The molecule has 6 heteroatoms. The van der Waals surface area contributed by atoms with Crippen LogP contribution in [0, 0.1) is 6.92 Å². The Hall–Kier alpha value is -1.85. The van der Waals surface area contributed by atoms with Crippen LogP contribution in [0.25, 0.3) is 0 Å². The summed E-state index contributed by atoms with van der Waals surface area (Å²) in [6.07, 6.45) is 2.59. The molecule has 17 heavy (non-hydrogen) atoms. The fourth-order valence-corrected chi connectivity index (χ4v) is 1.46. The molecule has 1 aromatic heterocycles. The van der Waals surface area contributed by atoms with Gasteiger partial charge in [0.25, 0.3) is 0 Å². The number of aromatic carboxylic acids is 1. The highest BCUT2D eigenvalue weighted by atomic mass is 16.4. The van der Waals surface area contributed by atoms with E-state index in [4.69, 9.17) is 5.11 Å². The van der Waals surface area contributed by atoms with E-state index < -0.39 is 5.97 Å². The van der Waals surface area contributed by atoms with Crippen LogP contribution in [0.15, 0.2) is 6.20 Å². The molecule has 94 valence electrons. The lowest BCUT2D eigenvalue weighted by Gasteiger charge is -2.09. The van der Waals surface area contributed by atoms with Crippen molar-refractivity contribution in [3.05, 3.63) is 17.5 Å². The van der Waals surface area contributed by atoms with Gasteiger partial charge in [-0.2, -0.15) is 5.10 Å².